The lowest BCUT2D eigenvalue weighted by Gasteiger charge is -2.48. The summed E-state index contributed by atoms with van der Waals surface area (Å²) in [5.74, 6) is -1.04. The molecule has 0 unspecified atom stereocenters. The van der Waals surface area contributed by atoms with Gasteiger partial charge in [0.15, 0.2) is 12.7 Å². The van der Waals surface area contributed by atoms with Gasteiger partial charge in [-0.25, -0.2) is 14.6 Å². The van der Waals surface area contributed by atoms with Gasteiger partial charge in [0.2, 0.25) is 5.91 Å². The summed E-state index contributed by atoms with van der Waals surface area (Å²) in [5.41, 5.74) is 2.20. The van der Waals surface area contributed by atoms with Gasteiger partial charge in [-0.3, -0.25) is 4.79 Å². The zero-order valence-corrected chi connectivity index (χ0v) is 27.2. The van der Waals surface area contributed by atoms with Crippen LogP contribution < -0.4 is 0 Å². The zero-order valence-electron chi connectivity index (χ0n) is 24.5. The van der Waals surface area contributed by atoms with Crippen LogP contribution in [0.15, 0.2) is 51.7 Å². The topological polar surface area (TPSA) is 98.3 Å². The first kappa shape index (κ1) is 31.3. The Bertz CT molecular complexity index is 1290. The van der Waals surface area contributed by atoms with Crippen LogP contribution in [0.25, 0.3) is 5.57 Å². The molecule has 1 fully saturated rings. The van der Waals surface area contributed by atoms with E-state index in [9.17, 15) is 14.4 Å². The first-order chi connectivity index (χ1) is 19.4. The third kappa shape index (κ3) is 6.55. The number of aromatic nitrogens is 1. The quantitative estimate of drug-likeness (QED) is 0.135. The molecule has 2 amide bonds. The molecule has 0 saturated carbocycles. The number of esters is 1. The number of fused-ring (bicyclic) bond motifs is 1. The van der Waals surface area contributed by atoms with Gasteiger partial charge in [0.05, 0.1) is 23.8 Å². The average Bonchev–Trinajstić information content (AvgIpc) is 3.46. The predicted molar refractivity (Wildman–Crippen MR) is 164 cm³/mol. The van der Waals surface area contributed by atoms with Crippen molar-refractivity contribution in [3.8, 4) is 0 Å². The molecule has 5 atom stereocenters. The van der Waals surface area contributed by atoms with Gasteiger partial charge in [0.1, 0.15) is 18.9 Å². The van der Waals surface area contributed by atoms with E-state index >= 15 is 0 Å². The lowest BCUT2D eigenvalue weighted by Crippen LogP contribution is -2.64. The molecule has 0 aromatic carbocycles. The summed E-state index contributed by atoms with van der Waals surface area (Å²) >= 11 is 2.91. The molecule has 0 radical (unpaired) electrons. The van der Waals surface area contributed by atoms with E-state index in [0.29, 0.717) is 18.7 Å². The molecule has 4 rings (SSSR count). The normalized spacial score (nSPS) is 24.8. The molecule has 0 N–H and O–H groups in total. The second kappa shape index (κ2) is 12.7. The summed E-state index contributed by atoms with van der Waals surface area (Å²) < 4.78 is 17.7. The molecule has 12 heteroatoms. The minimum Gasteiger partial charge on any atom is -0.457 e. The lowest BCUT2D eigenvalue weighted by molar-refractivity contribution is -0.163. The van der Waals surface area contributed by atoms with Crippen LogP contribution in [0.5, 0.6) is 0 Å². The van der Waals surface area contributed by atoms with Crippen LogP contribution >= 0.6 is 23.1 Å². The molecule has 3 aliphatic heterocycles. The predicted octanol–water partition coefficient (Wildman–Crippen LogP) is 5.69. The van der Waals surface area contributed by atoms with Crippen molar-refractivity contribution in [2.24, 2.45) is 11.8 Å². The fourth-order valence-corrected chi connectivity index (χ4v) is 8.96. The van der Waals surface area contributed by atoms with Crippen molar-refractivity contribution in [3.05, 3.63) is 53.1 Å². The molecule has 0 spiro atoms. The first-order valence-electron chi connectivity index (χ1n) is 13.8. The Morgan fingerprint density at radius 3 is 2.54 bits per heavy atom. The first-order valence-corrected chi connectivity index (χ1v) is 18.9. The Morgan fingerprint density at radius 1 is 1.22 bits per heavy atom. The van der Waals surface area contributed by atoms with Gasteiger partial charge < -0.3 is 23.7 Å². The lowest BCUT2D eigenvalue weighted by atomic mass is 9.79. The van der Waals surface area contributed by atoms with E-state index in [1.54, 1.807) is 15.9 Å². The number of thiazole rings is 1. The summed E-state index contributed by atoms with van der Waals surface area (Å²) in [5, 5.41) is 2.00. The van der Waals surface area contributed by atoms with Gasteiger partial charge in [0, 0.05) is 28.8 Å². The summed E-state index contributed by atoms with van der Waals surface area (Å²) in [6.07, 6.45) is 5.11. The molecule has 9 nitrogen and oxygen atoms in total. The highest BCUT2D eigenvalue weighted by Gasteiger charge is 2.61. The number of nitrogens with zero attached hydrogens (tertiary/aromatic N) is 3. The van der Waals surface area contributed by atoms with Crippen LogP contribution in [-0.2, 0) is 23.5 Å². The van der Waals surface area contributed by atoms with E-state index in [-0.39, 0.29) is 55.2 Å². The monoisotopic (exact) mass is 617 g/mol. The fourth-order valence-electron chi connectivity index (χ4n) is 5.59. The van der Waals surface area contributed by atoms with Crippen LogP contribution in [0, 0.1) is 11.8 Å². The Hall–Kier alpha value is -2.67. The van der Waals surface area contributed by atoms with E-state index in [1.165, 1.54) is 29.2 Å². The minimum atomic E-state index is -1.87. The highest BCUT2D eigenvalue weighted by molar-refractivity contribution is 8.04. The van der Waals surface area contributed by atoms with Crippen molar-refractivity contribution in [1.29, 1.82) is 0 Å². The number of rotatable bonds is 11. The number of amides is 2. The molecule has 3 aliphatic rings. The molecule has 222 valence electrons. The Kier molecular flexibility index (Phi) is 9.67. The molecular formula is C29H39N3O6S2Si. The molecule has 0 aliphatic carbocycles. The maximum absolute atomic E-state index is 13.4. The molecule has 1 aromatic rings. The molecule has 0 bridgehead atoms. The third-order valence-corrected chi connectivity index (χ3v) is 10.6. The van der Waals surface area contributed by atoms with E-state index in [4.69, 9.17) is 18.9 Å². The standard InChI is InChI=1S/C29H39N3O6S2Si/c1-9-13-36-27(34)24-25(18(4)23-22(26(33)32(23)24)19(5)38-41(6,7)8)40-28-30-21(16-39-28)20-11-12-31(17(3)15-20)29(35)37-14-10-2/h9-11,16-19,22-23H,1-2,12-15H2,3-8H3/t17-,18+,19+,22+,23+/m0/s1. The number of hydrogen-bond donors (Lipinski definition) is 0. The highest BCUT2D eigenvalue weighted by atomic mass is 32.2. The molecule has 4 heterocycles. The molecule has 1 saturated heterocycles. The number of ether oxygens (including phenoxy) is 2. The molecular weight excluding hydrogens is 579 g/mol. The maximum atomic E-state index is 13.4. The van der Waals surface area contributed by atoms with Crippen LogP contribution in [-0.4, -0.2) is 79.0 Å². The van der Waals surface area contributed by atoms with Gasteiger partial charge in [0.25, 0.3) is 0 Å². The van der Waals surface area contributed by atoms with Crippen molar-refractivity contribution in [1.82, 2.24) is 14.8 Å². The summed E-state index contributed by atoms with van der Waals surface area (Å²) in [6, 6.07) is -0.212. The summed E-state index contributed by atoms with van der Waals surface area (Å²) in [6.45, 7) is 20.2. The number of carbonyl (C=O) groups excluding carboxylic acids is 3. The second-order valence-corrected chi connectivity index (χ2v) is 18.1. The number of thioether (sulfide) groups is 1. The Morgan fingerprint density at radius 2 is 1.90 bits per heavy atom. The zero-order chi connectivity index (χ0) is 30.1. The second-order valence-electron chi connectivity index (χ2n) is 11.4. The minimum absolute atomic E-state index is 0.0411. The van der Waals surface area contributed by atoms with E-state index < -0.39 is 14.3 Å². The molecule has 41 heavy (non-hydrogen) atoms. The third-order valence-electron chi connectivity index (χ3n) is 7.31. The Labute approximate surface area is 251 Å². The maximum Gasteiger partial charge on any atom is 0.410 e. The Balaban J connectivity index is 1.55. The van der Waals surface area contributed by atoms with Gasteiger partial charge in [-0.05, 0) is 45.5 Å². The van der Waals surface area contributed by atoms with Gasteiger partial charge >= 0.3 is 12.1 Å². The van der Waals surface area contributed by atoms with Crippen LogP contribution in [0.1, 0.15) is 32.9 Å². The van der Waals surface area contributed by atoms with Crippen LogP contribution in [0.4, 0.5) is 4.79 Å². The molecule has 1 aromatic heterocycles. The van der Waals surface area contributed by atoms with Crippen molar-refractivity contribution in [3.63, 3.8) is 0 Å². The van der Waals surface area contributed by atoms with Crippen molar-refractivity contribution >= 4 is 55.0 Å². The number of hydrogen-bond acceptors (Lipinski definition) is 9. The average molecular weight is 618 g/mol. The van der Waals surface area contributed by atoms with Gasteiger partial charge in [-0.2, -0.15) is 0 Å². The SMILES string of the molecule is C=CCOC(=O)C1=C(Sc2nc(C3=CCN(C(=O)OCC=C)[C@@H](C)C3)cs2)[C@H](C)[C@@H]2[C@@H]([C@@H](C)O[Si](C)(C)C)C(=O)N12. The van der Waals surface area contributed by atoms with E-state index in [2.05, 4.69) is 32.8 Å². The van der Waals surface area contributed by atoms with Crippen LogP contribution in [0.3, 0.4) is 0 Å². The number of carbonyl (C=O) groups is 3. The fraction of sp³-hybridized carbons (Fsp3) is 0.517. The summed E-state index contributed by atoms with van der Waals surface area (Å²) in [7, 11) is -1.87. The van der Waals surface area contributed by atoms with Crippen molar-refractivity contribution in [2.45, 2.75) is 69.4 Å². The van der Waals surface area contributed by atoms with Gasteiger partial charge in [-0.1, -0.05) is 50.1 Å². The smallest absolute Gasteiger partial charge is 0.410 e. The van der Waals surface area contributed by atoms with Crippen molar-refractivity contribution in [2.75, 3.05) is 19.8 Å². The van der Waals surface area contributed by atoms with E-state index in [0.717, 1.165) is 20.5 Å². The largest absolute Gasteiger partial charge is 0.457 e. The summed E-state index contributed by atoms with van der Waals surface area (Å²) in [4.78, 5) is 47.9. The van der Waals surface area contributed by atoms with E-state index in [1.807, 2.05) is 32.2 Å². The van der Waals surface area contributed by atoms with Crippen LogP contribution in [0.2, 0.25) is 19.6 Å². The van der Waals surface area contributed by atoms with Crippen molar-refractivity contribution < 1.29 is 28.3 Å². The number of β-lactam (4-membered cyclic amide) rings is 1. The highest BCUT2D eigenvalue weighted by Crippen LogP contribution is 2.53. The van der Waals surface area contributed by atoms with Gasteiger partial charge in [-0.15, -0.1) is 11.3 Å².